The predicted molar refractivity (Wildman–Crippen MR) is 59.7 cm³/mol. The lowest BCUT2D eigenvalue weighted by atomic mass is 10.1. The third kappa shape index (κ3) is 1.71. The molecule has 0 spiro atoms. The van der Waals surface area contributed by atoms with Gasteiger partial charge in [0.15, 0.2) is 0 Å². The van der Waals surface area contributed by atoms with Gasteiger partial charge in [-0.25, -0.2) is 4.79 Å². The Morgan fingerprint density at radius 2 is 2.25 bits per heavy atom. The number of benzene rings is 1. The summed E-state index contributed by atoms with van der Waals surface area (Å²) in [6, 6.07) is 4.81. The van der Waals surface area contributed by atoms with Crippen molar-refractivity contribution in [2.45, 2.75) is 6.92 Å². The van der Waals surface area contributed by atoms with Gasteiger partial charge in [0.25, 0.3) is 0 Å². The second-order valence-corrected chi connectivity index (χ2v) is 3.80. The summed E-state index contributed by atoms with van der Waals surface area (Å²) in [5.41, 5.74) is 1.17. The molecule has 5 heteroatoms. The predicted octanol–water partition coefficient (Wildman–Crippen LogP) is 1.38. The van der Waals surface area contributed by atoms with Gasteiger partial charge in [-0.05, 0) is 12.1 Å². The van der Waals surface area contributed by atoms with Gasteiger partial charge in [-0.3, -0.25) is 4.79 Å². The zero-order chi connectivity index (χ0) is 11.7. The maximum absolute atomic E-state index is 11.6. The van der Waals surface area contributed by atoms with Crippen molar-refractivity contribution < 1.29 is 14.7 Å². The SMILES string of the molecule is CC1CNc2c(cccc2C(=O)O)NC1=O. The van der Waals surface area contributed by atoms with Crippen LogP contribution in [0.4, 0.5) is 11.4 Å². The number of amides is 1. The van der Waals surface area contributed by atoms with E-state index in [1.807, 2.05) is 0 Å². The van der Waals surface area contributed by atoms with Crippen molar-refractivity contribution in [3.05, 3.63) is 23.8 Å². The Morgan fingerprint density at radius 1 is 1.50 bits per heavy atom. The minimum absolute atomic E-state index is 0.103. The molecule has 0 fully saturated rings. The van der Waals surface area contributed by atoms with Crippen molar-refractivity contribution in [3.63, 3.8) is 0 Å². The maximum atomic E-state index is 11.6. The van der Waals surface area contributed by atoms with Crippen LogP contribution in [0.15, 0.2) is 18.2 Å². The molecule has 2 rings (SSSR count). The summed E-state index contributed by atoms with van der Waals surface area (Å²) in [4.78, 5) is 22.6. The van der Waals surface area contributed by atoms with Crippen LogP contribution >= 0.6 is 0 Å². The lowest BCUT2D eigenvalue weighted by molar-refractivity contribution is -0.118. The average molecular weight is 220 g/mol. The number of rotatable bonds is 1. The van der Waals surface area contributed by atoms with Crippen molar-refractivity contribution in [3.8, 4) is 0 Å². The first-order valence-corrected chi connectivity index (χ1v) is 5.00. The summed E-state index contributed by atoms with van der Waals surface area (Å²) in [5.74, 6) is -1.30. The van der Waals surface area contributed by atoms with Crippen LogP contribution in [-0.4, -0.2) is 23.5 Å². The normalized spacial score (nSPS) is 19.1. The molecule has 0 saturated heterocycles. The number of hydrogen-bond donors (Lipinski definition) is 3. The standard InChI is InChI=1S/C11H12N2O3/c1-6-5-12-9-7(11(15)16)3-2-4-8(9)13-10(6)14/h2-4,6,12H,5H2,1H3,(H,13,14)(H,15,16). The Morgan fingerprint density at radius 3 is 2.94 bits per heavy atom. The highest BCUT2D eigenvalue weighted by Crippen LogP contribution is 2.29. The van der Waals surface area contributed by atoms with Gasteiger partial charge in [0.05, 0.1) is 22.9 Å². The first-order valence-electron chi connectivity index (χ1n) is 5.00. The molecule has 84 valence electrons. The molecule has 0 radical (unpaired) electrons. The van der Waals surface area contributed by atoms with Crippen LogP contribution in [-0.2, 0) is 4.79 Å². The van der Waals surface area contributed by atoms with Crippen molar-refractivity contribution in [1.82, 2.24) is 0 Å². The zero-order valence-electron chi connectivity index (χ0n) is 8.78. The molecular formula is C11H12N2O3. The molecule has 1 aliphatic heterocycles. The molecule has 1 aromatic carbocycles. The van der Waals surface area contributed by atoms with E-state index >= 15 is 0 Å². The van der Waals surface area contributed by atoms with Crippen LogP contribution in [0.2, 0.25) is 0 Å². The summed E-state index contributed by atoms with van der Waals surface area (Å²) >= 11 is 0. The molecule has 3 N–H and O–H groups in total. The highest BCUT2D eigenvalue weighted by Gasteiger charge is 2.22. The molecule has 5 nitrogen and oxygen atoms in total. The number of nitrogens with one attached hydrogen (secondary N) is 2. The van der Waals surface area contributed by atoms with Crippen molar-refractivity contribution in [2.24, 2.45) is 5.92 Å². The fraction of sp³-hybridized carbons (Fsp3) is 0.273. The zero-order valence-corrected chi connectivity index (χ0v) is 8.78. The number of carboxylic acid groups (broad SMARTS) is 1. The van der Waals surface area contributed by atoms with E-state index in [0.29, 0.717) is 17.9 Å². The van der Waals surface area contributed by atoms with Gasteiger partial charge in [-0.2, -0.15) is 0 Å². The molecule has 0 saturated carbocycles. The van der Waals surface area contributed by atoms with Crippen LogP contribution in [0.5, 0.6) is 0 Å². The van der Waals surface area contributed by atoms with Gasteiger partial charge in [-0.15, -0.1) is 0 Å². The van der Waals surface area contributed by atoms with E-state index in [9.17, 15) is 9.59 Å². The number of hydrogen-bond acceptors (Lipinski definition) is 3. The maximum Gasteiger partial charge on any atom is 0.337 e. The molecule has 1 unspecified atom stereocenters. The molecule has 1 heterocycles. The average Bonchev–Trinajstić information content (AvgIpc) is 2.39. The van der Waals surface area contributed by atoms with Crippen LogP contribution in [0, 0.1) is 5.92 Å². The van der Waals surface area contributed by atoms with E-state index in [1.54, 1.807) is 19.1 Å². The monoisotopic (exact) mass is 220 g/mol. The van der Waals surface area contributed by atoms with E-state index in [1.165, 1.54) is 6.07 Å². The Kier molecular flexibility index (Phi) is 2.52. The molecule has 1 amide bonds. The van der Waals surface area contributed by atoms with Gasteiger partial charge in [0, 0.05) is 6.54 Å². The van der Waals surface area contributed by atoms with Gasteiger partial charge in [0.2, 0.25) is 5.91 Å². The van der Waals surface area contributed by atoms with Gasteiger partial charge >= 0.3 is 5.97 Å². The summed E-state index contributed by atoms with van der Waals surface area (Å²) in [6.45, 7) is 2.22. The topological polar surface area (TPSA) is 78.4 Å². The minimum Gasteiger partial charge on any atom is -0.478 e. The largest absolute Gasteiger partial charge is 0.478 e. The summed E-state index contributed by atoms with van der Waals surface area (Å²) in [6.07, 6.45) is 0. The van der Waals surface area contributed by atoms with Crippen molar-refractivity contribution in [1.29, 1.82) is 0 Å². The second-order valence-electron chi connectivity index (χ2n) is 3.80. The van der Waals surface area contributed by atoms with Crippen molar-refractivity contribution in [2.75, 3.05) is 17.2 Å². The molecular weight excluding hydrogens is 208 g/mol. The van der Waals surface area contributed by atoms with Crippen LogP contribution < -0.4 is 10.6 Å². The number of carbonyl (C=O) groups excluding carboxylic acids is 1. The van der Waals surface area contributed by atoms with E-state index in [4.69, 9.17) is 5.11 Å². The number of para-hydroxylation sites is 1. The number of carboxylic acids is 1. The second kappa shape index (κ2) is 3.84. The Hall–Kier alpha value is -2.04. The van der Waals surface area contributed by atoms with E-state index < -0.39 is 5.97 Å². The Labute approximate surface area is 92.5 Å². The molecule has 1 aromatic rings. The van der Waals surface area contributed by atoms with Crippen LogP contribution in [0.3, 0.4) is 0 Å². The van der Waals surface area contributed by atoms with Crippen LogP contribution in [0.25, 0.3) is 0 Å². The van der Waals surface area contributed by atoms with Crippen molar-refractivity contribution >= 4 is 23.3 Å². The molecule has 0 aromatic heterocycles. The first kappa shape index (κ1) is 10.5. The third-order valence-electron chi connectivity index (χ3n) is 2.59. The first-order chi connectivity index (χ1) is 7.59. The number of fused-ring (bicyclic) bond motifs is 1. The molecule has 1 atom stereocenters. The van der Waals surface area contributed by atoms with Gasteiger partial charge in [0.1, 0.15) is 0 Å². The fourth-order valence-electron chi connectivity index (χ4n) is 1.63. The quantitative estimate of drug-likeness (QED) is 0.668. The Balaban J connectivity index is 2.48. The Bertz CT molecular complexity index is 457. The molecule has 16 heavy (non-hydrogen) atoms. The number of carbonyl (C=O) groups is 2. The lowest BCUT2D eigenvalue weighted by Crippen LogP contribution is -2.22. The third-order valence-corrected chi connectivity index (χ3v) is 2.59. The molecule has 1 aliphatic rings. The van der Waals surface area contributed by atoms with E-state index in [2.05, 4.69) is 10.6 Å². The minimum atomic E-state index is -1.01. The van der Waals surface area contributed by atoms with Crippen LogP contribution in [0.1, 0.15) is 17.3 Å². The molecule has 0 aliphatic carbocycles. The van der Waals surface area contributed by atoms with E-state index in [-0.39, 0.29) is 17.4 Å². The highest BCUT2D eigenvalue weighted by atomic mass is 16.4. The van der Waals surface area contributed by atoms with Gasteiger partial charge in [-0.1, -0.05) is 13.0 Å². The summed E-state index contributed by atoms with van der Waals surface area (Å²) < 4.78 is 0. The highest BCUT2D eigenvalue weighted by molar-refractivity contribution is 6.03. The molecule has 0 bridgehead atoms. The summed E-state index contributed by atoms with van der Waals surface area (Å²) in [5, 5.41) is 14.7. The number of anilines is 2. The fourth-order valence-corrected chi connectivity index (χ4v) is 1.63. The number of aromatic carboxylic acids is 1. The van der Waals surface area contributed by atoms with Gasteiger partial charge < -0.3 is 15.7 Å². The lowest BCUT2D eigenvalue weighted by Gasteiger charge is -2.10. The van der Waals surface area contributed by atoms with E-state index in [0.717, 1.165) is 0 Å². The summed E-state index contributed by atoms with van der Waals surface area (Å²) in [7, 11) is 0. The smallest absolute Gasteiger partial charge is 0.337 e.